The van der Waals surface area contributed by atoms with Gasteiger partial charge in [-0.2, -0.15) is 0 Å². The Balaban J connectivity index is 1.83. The molecule has 0 aliphatic rings. The van der Waals surface area contributed by atoms with Crippen molar-refractivity contribution < 1.29 is 23.5 Å². The van der Waals surface area contributed by atoms with Gasteiger partial charge in [0.2, 0.25) is 5.43 Å². The Bertz CT molecular complexity index is 1090. The molecule has 1 heterocycles. The highest BCUT2D eigenvalue weighted by atomic mass is 19.1. The summed E-state index contributed by atoms with van der Waals surface area (Å²) in [5.74, 6) is -2.16. The van der Waals surface area contributed by atoms with Crippen LogP contribution in [-0.4, -0.2) is 24.0 Å². The number of nitrogens with one attached hydrogen (secondary N) is 2. The van der Waals surface area contributed by atoms with Crippen LogP contribution < -0.4 is 15.5 Å². The van der Waals surface area contributed by atoms with Gasteiger partial charge in [-0.3, -0.25) is 9.59 Å². The van der Waals surface area contributed by atoms with Crippen molar-refractivity contribution in [3.8, 4) is 5.75 Å². The van der Waals surface area contributed by atoms with Crippen LogP contribution in [0.4, 0.5) is 4.39 Å². The molecule has 0 spiro atoms. The first kappa shape index (κ1) is 20.8. The summed E-state index contributed by atoms with van der Waals surface area (Å²) in [6, 6.07) is 14.6. The first-order valence-corrected chi connectivity index (χ1v) is 9.03. The molecule has 2 N–H and O–H groups in total. The standard InChI is InChI=1S/C22H19FN2O5/c1-29-22(28)18-20(30-13-15-5-3-2-4-6-15)19(26)17(12-24-18)21(27)25-11-14-7-9-16(23)10-8-14/h2-10,12H,11,13H2,1H3,(H,24,26)(H,25,27). The third-order valence-electron chi connectivity index (χ3n) is 4.27. The number of hydrogen-bond acceptors (Lipinski definition) is 5. The van der Waals surface area contributed by atoms with E-state index >= 15 is 0 Å². The molecule has 3 aromatic rings. The number of amides is 1. The van der Waals surface area contributed by atoms with Gasteiger partial charge in [0.1, 0.15) is 18.0 Å². The Hall–Kier alpha value is -3.94. The van der Waals surface area contributed by atoms with Crippen LogP contribution in [-0.2, 0) is 17.9 Å². The van der Waals surface area contributed by atoms with Gasteiger partial charge in [-0.25, -0.2) is 9.18 Å². The smallest absolute Gasteiger partial charge is 0.358 e. The maximum Gasteiger partial charge on any atom is 0.358 e. The number of pyridine rings is 1. The first-order chi connectivity index (χ1) is 14.5. The van der Waals surface area contributed by atoms with Gasteiger partial charge >= 0.3 is 5.97 Å². The van der Waals surface area contributed by atoms with E-state index in [4.69, 9.17) is 4.74 Å². The highest BCUT2D eigenvalue weighted by molar-refractivity contribution is 5.96. The zero-order valence-corrected chi connectivity index (χ0v) is 16.1. The average molecular weight is 410 g/mol. The molecule has 0 bridgehead atoms. The summed E-state index contributed by atoms with van der Waals surface area (Å²) in [6.07, 6.45) is 1.13. The molecule has 3 rings (SSSR count). The van der Waals surface area contributed by atoms with Crippen molar-refractivity contribution in [3.05, 3.63) is 99.2 Å². The molecule has 0 fully saturated rings. The van der Waals surface area contributed by atoms with Crippen molar-refractivity contribution in [2.24, 2.45) is 0 Å². The van der Waals surface area contributed by atoms with E-state index in [0.29, 0.717) is 5.56 Å². The molecule has 30 heavy (non-hydrogen) atoms. The second-order valence-corrected chi connectivity index (χ2v) is 6.31. The molecule has 0 aliphatic carbocycles. The molecule has 1 aromatic heterocycles. The van der Waals surface area contributed by atoms with E-state index in [2.05, 4.69) is 15.0 Å². The Morgan fingerprint density at radius 1 is 1.03 bits per heavy atom. The van der Waals surface area contributed by atoms with E-state index < -0.39 is 17.3 Å². The van der Waals surface area contributed by atoms with Crippen LogP contribution in [0, 0.1) is 5.82 Å². The quantitative estimate of drug-likeness (QED) is 0.584. The molecule has 7 nitrogen and oxygen atoms in total. The third kappa shape index (κ3) is 4.91. The number of methoxy groups -OCH3 is 1. The molecule has 0 saturated carbocycles. The van der Waals surface area contributed by atoms with Crippen molar-refractivity contribution in [1.82, 2.24) is 10.3 Å². The lowest BCUT2D eigenvalue weighted by Crippen LogP contribution is -2.30. The molecule has 154 valence electrons. The Labute approximate surface area is 171 Å². The third-order valence-corrected chi connectivity index (χ3v) is 4.27. The number of aromatic amines is 1. The number of carbonyl (C=O) groups is 2. The van der Waals surface area contributed by atoms with Crippen molar-refractivity contribution in [1.29, 1.82) is 0 Å². The van der Waals surface area contributed by atoms with Crippen LogP contribution >= 0.6 is 0 Å². The van der Waals surface area contributed by atoms with Gasteiger partial charge in [-0.15, -0.1) is 0 Å². The maximum atomic E-state index is 13.0. The van der Waals surface area contributed by atoms with Crippen LogP contribution in [0.2, 0.25) is 0 Å². The van der Waals surface area contributed by atoms with Gasteiger partial charge in [-0.1, -0.05) is 42.5 Å². The monoisotopic (exact) mass is 410 g/mol. The number of hydrogen-bond donors (Lipinski definition) is 2. The van der Waals surface area contributed by atoms with Crippen LogP contribution in [0.25, 0.3) is 0 Å². The predicted molar refractivity (Wildman–Crippen MR) is 107 cm³/mol. The second kappa shape index (κ2) is 9.51. The van der Waals surface area contributed by atoms with Crippen molar-refractivity contribution in [2.75, 3.05) is 7.11 Å². The largest absolute Gasteiger partial charge is 0.482 e. The molecule has 2 aromatic carbocycles. The average Bonchev–Trinajstić information content (AvgIpc) is 2.77. The summed E-state index contributed by atoms with van der Waals surface area (Å²) in [5, 5.41) is 2.59. The highest BCUT2D eigenvalue weighted by Gasteiger charge is 2.22. The topological polar surface area (TPSA) is 97.5 Å². The Morgan fingerprint density at radius 2 is 1.73 bits per heavy atom. The van der Waals surface area contributed by atoms with Gasteiger partial charge in [0.15, 0.2) is 11.4 Å². The lowest BCUT2D eigenvalue weighted by Gasteiger charge is -2.12. The van der Waals surface area contributed by atoms with E-state index in [9.17, 15) is 18.8 Å². The zero-order valence-electron chi connectivity index (χ0n) is 16.1. The fraction of sp³-hybridized carbons (Fsp3) is 0.136. The lowest BCUT2D eigenvalue weighted by molar-refractivity contribution is 0.0587. The molecule has 8 heteroatoms. The number of benzene rings is 2. The lowest BCUT2D eigenvalue weighted by atomic mass is 10.2. The summed E-state index contributed by atoms with van der Waals surface area (Å²) in [5.41, 5.74) is 0.273. The van der Waals surface area contributed by atoms with E-state index in [1.54, 1.807) is 12.1 Å². The number of ether oxygens (including phenoxy) is 2. The first-order valence-electron chi connectivity index (χ1n) is 9.03. The minimum atomic E-state index is -0.798. The number of rotatable bonds is 7. The van der Waals surface area contributed by atoms with Crippen LogP contribution in [0.1, 0.15) is 32.0 Å². The highest BCUT2D eigenvalue weighted by Crippen LogP contribution is 2.15. The van der Waals surface area contributed by atoms with E-state index in [1.807, 2.05) is 18.2 Å². The van der Waals surface area contributed by atoms with Gasteiger partial charge in [0.25, 0.3) is 5.91 Å². The number of carbonyl (C=O) groups excluding carboxylic acids is 2. The SMILES string of the molecule is COC(=O)c1[nH]cc(C(=O)NCc2ccc(F)cc2)c(=O)c1OCc1ccccc1. The number of esters is 1. The normalized spacial score (nSPS) is 10.3. The molecule has 0 radical (unpaired) electrons. The fourth-order valence-corrected chi connectivity index (χ4v) is 2.68. The molecular weight excluding hydrogens is 391 g/mol. The Morgan fingerprint density at radius 3 is 2.40 bits per heavy atom. The summed E-state index contributed by atoms with van der Waals surface area (Å²) in [7, 11) is 1.17. The zero-order chi connectivity index (χ0) is 21.5. The molecule has 0 atom stereocenters. The van der Waals surface area contributed by atoms with Crippen molar-refractivity contribution in [3.63, 3.8) is 0 Å². The summed E-state index contributed by atoms with van der Waals surface area (Å²) < 4.78 is 23.2. The molecule has 0 aliphatic heterocycles. The van der Waals surface area contributed by atoms with E-state index in [1.165, 1.54) is 31.4 Å². The van der Waals surface area contributed by atoms with E-state index in [-0.39, 0.29) is 36.0 Å². The maximum absolute atomic E-state index is 13.0. The molecular formula is C22H19FN2O5. The Kier molecular flexibility index (Phi) is 6.59. The van der Waals surface area contributed by atoms with Gasteiger partial charge in [-0.05, 0) is 23.3 Å². The van der Waals surface area contributed by atoms with E-state index in [0.717, 1.165) is 11.8 Å². The number of halogens is 1. The van der Waals surface area contributed by atoms with Gasteiger partial charge < -0.3 is 19.8 Å². The minimum absolute atomic E-state index is 0.0224. The van der Waals surface area contributed by atoms with Crippen LogP contribution in [0.15, 0.2) is 65.6 Å². The summed E-state index contributed by atoms with van der Waals surface area (Å²) in [6.45, 7) is 0.117. The molecule has 0 unspecified atom stereocenters. The van der Waals surface area contributed by atoms with Crippen LogP contribution in [0.3, 0.4) is 0 Å². The van der Waals surface area contributed by atoms with Gasteiger partial charge in [0.05, 0.1) is 7.11 Å². The fourth-order valence-electron chi connectivity index (χ4n) is 2.68. The molecule has 0 saturated heterocycles. The van der Waals surface area contributed by atoms with Crippen molar-refractivity contribution in [2.45, 2.75) is 13.2 Å². The molecule has 1 amide bonds. The summed E-state index contributed by atoms with van der Waals surface area (Å²) >= 11 is 0. The predicted octanol–water partition coefficient (Wildman–Crippen LogP) is 2.81. The van der Waals surface area contributed by atoms with Crippen LogP contribution in [0.5, 0.6) is 5.75 Å². The second-order valence-electron chi connectivity index (χ2n) is 6.31. The number of aromatic nitrogens is 1. The minimum Gasteiger partial charge on any atom is -0.482 e. The van der Waals surface area contributed by atoms with Crippen molar-refractivity contribution >= 4 is 11.9 Å². The van der Waals surface area contributed by atoms with Gasteiger partial charge in [0, 0.05) is 12.7 Å². The summed E-state index contributed by atoms with van der Waals surface area (Å²) in [4.78, 5) is 40.0. The number of H-pyrrole nitrogens is 1.